The van der Waals surface area contributed by atoms with Gasteiger partial charge in [0.25, 0.3) is 5.91 Å². The summed E-state index contributed by atoms with van der Waals surface area (Å²) in [5.41, 5.74) is 6.45. The van der Waals surface area contributed by atoms with Crippen molar-refractivity contribution < 1.29 is 4.79 Å². The molecular weight excluding hydrogens is 397 g/mol. The van der Waals surface area contributed by atoms with Crippen LogP contribution in [0, 0.1) is 0 Å². The molecule has 2 aromatic rings. The molecule has 7 heteroatoms. The van der Waals surface area contributed by atoms with E-state index < -0.39 is 0 Å². The van der Waals surface area contributed by atoms with E-state index in [0.29, 0.717) is 5.69 Å². The second kappa shape index (κ2) is 5.90. The molecule has 98 valence electrons. The summed E-state index contributed by atoms with van der Waals surface area (Å²) in [5.74, 6) is -0.118. The Balaban J connectivity index is 2.34. The van der Waals surface area contributed by atoms with E-state index >= 15 is 0 Å². The van der Waals surface area contributed by atoms with Gasteiger partial charge >= 0.3 is 0 Å². The number of aromatic nitrogens is 1. The summed E-state index contributed by atoms with van der Waals surface area (Å²) >= 11 is 12.7. The van der Waals surface area contributed by atoms with Crippen molar-refractivity contribution in [2.45, 2.75) is 0 Å². The lowest BCUT2D eigenvalue weighted by Crippen LogP contribution is -2.14. The van der Waals surface area contributed by atoms with Crippen LogP contribution in [0.1, 0.15) is 10.4 Å². The number of nitrogens with two attached hydrogens (primary N) is 1. The van der Waals surface area contributed by atoms with E-state index in [1.807, 2.05) is 18.2 Å². The smallest absolute Gasteiger partial charge is 0.257 e. The molecule has 0 spiro atoms. The van der Waals surface area contributed by atoms with Gasteiger partial charge in [-0.1, -0.05) is 17.7 Å². The molecule has 0 aliphatic heterocycles. The zero-order valence-electron chi connectivity index (χ0n) is 9.45. The van der Waals surface area contributed by atoms with Crippen molar-refractivity contribution in [1.82, 2.24) is 4.98 Å². The van der Waals surface area contributed by atoms with Crippen LogP contribution in [0.25, 0.3) is 0 Å². The number of hydrogen-bond acceptors (Lipinski definition) is 3. The molecule has 0 unspecified atom stereocenters. The van der Waals surface area contributed by atoms with Crippen LogP contribution >= 0.6 is 43.5 Å². The fraction of sp³-hybridized carbons (Fsp3) is 0. The lowest BCUT2D eigenvalue weighted by Gasteiger charge is -2.10. The molecule has 19 heavy (non-hydrogen) atoms. The molecule has 0 aliphatic carbocycles. The minimum atomic E-state index is -0.355. The third-order valence-electron chi connectivity index (χ3n) is 2.32. The lowest BCUT2D eigenvalue weighted by molar-refractivity contribution is 0.102. The molecule has 2 rings (SSSR count). The molecule has 4 nitrogen and oxygen atoms in total. The van der Waals surface area contributed by atoms with Crippen LogP contribution in [-0.2, 0) is 0 Å². The lowest BCUT2D eigenvalue weighted by atomic mass is 10.2. The van der Waals surface area contributed by atoms with Gasteiger partial charge in [0.15, 0.2) is 0 Å². The van der Waals surface area contributed by atoms with Gasteiger partial charge in [-0.2, -0.15) is 0 Å². The zero-order valence-corrected chi connectivity index (χ0v) is 13.4. The number of carbonyl (C=O) groups excluding carboxylic acids is 1. The Labute approximate surface area is 131 Å². The van der Waals surface area contributed by atoms with Gasteiger partial charge in [-0.05, 0) is 50.1 Å². The Bertz CT molecular complexity index is 629. The number of hydrogen-bond donors (Lipinski definition) is 2. The number of benzene rings is 1. The van der Waals surface area contributed by atoms with Gasteiger partial charge in [-0.25, -0.2) is 4.98 Å². The van der Waals surface area contributed by atoms with Gasteiger partial charge in [-0.15, -0.1) is 0 Å². The maximum atomic E-state index is 12.2. The molecule has 0 fully saturated rings. The van der Waals surface area contributed by atoms with Crippen molar-refractivity contribution >= 4 is 60.9 Å². The van der Waals surface area contributed by atoms with Crippen molar-refractivity contribution in [1.29, 1.82) is 0 Å². The average molecular weight is 405 g/mol. The van der Waals surface area contributed by atoms with Gasteiger partial charge in [0.1, 0.15) is 5.82 Å². The quantitative estimate of drug-likeness (QED) is 0.791. The van der Waals surface area contributed by atoms with Crippen molar-refractivity contribution in [2.75, 3.05) is 11.1 Å². The number of anilines is 2. The van der Waals surface area contributed by atoms with Crippen LogP contribution in [0.15, 0.2) is 39.4 Å². The van der Waals surface area contributed by atoms with Crippen LogP contribution in [0.5, 0.6) is 0 Å². The number of nitrogen functional groups attached to an aromatic ring is 1. The summed E-state index contributed by atoms with van der Waals surface area (Å²) in [5, 5.41) is 3.01. The molecule has 1 amide bonds. The first-order valence-corrected chi connectivity index (χ1v) is 7.12. The summed E-state index contributed by atoms with van der Waals surface area (Å²) in [4.78, 5) is 16.0. The van der Waals surface area contributed by atoms with Crippen LogP contribution in [0.3, 0.4) is 0 Å². The van der Waals surface area contributed by atoms with Crippen LogP contribution in [-0.4, -0.2) is 10.9 Å². The third kappa shape index (κ3) is 3.26. The molecule has 0 radical (unpaired) electrons. The monoisotopic (exact) mass is 403 g/mol. The third-order valence-corrected chi connectivity index (χ3v) is 3.95. The van der Waals surface area contributed by atoms with Crippen molar-refractivity contribution in [3.8, 4) is 0 Å². The molecule has 0 saturated heterocycles. The molecule has 1 aromatic carbocycles. The summed E-state index contributed by atoms with van der Waals surface area (Å²) in [7, 11) is 0. The number of nitrogens with zero attached hydrogens (tertiary/aromatic N) is 1. The first-order chi connectivity index (χ1) is 8.99. The van der Waals surface area contributed by atoms with Gasteiger partial charge < -0.3 is 11.1 Å². The molecule has 1 heterocycles. The second-order valence-electron chi connectivity index (χ2n) is 3.64. The summed E-state index contributed by atoms with van der Waals surface area (Å²) < 4.78 is 1.52. The van der Waals surface area contributed by atoms with E-state index in [0.717, 1.165) is 8.95 Å². The summed E-state index contributed by atoms with van der Waals surface area (Å²) in [6.07, 6.45) is 1.35. The zero-order chi connectivity index (χ0) is 14.0. The molecule has 1 aromatic heterocycles. The maximum Gasteiger partial charge on any atom is 0.257 e. The average Bonchev–Trinajstić information content (AvgIpc) is 2.37. The van der Waals surface area contributed by atoms with Gasteiger partial charge in [0.05, 0.1) is 16.3 Å². The number of carbonyl (C=O) groups is 1. The topological polar surface area (TPSA) is 68.0 Å². The van der Waals surface area contributed by atoms with Crippen molar-refractivity contribution in [2.24, 2.45) is 0 Å². The summed E-state index contributed by atoms with van der Waals surface area (Å²) in [6.45, 7) is 0. The number of rotatable bonds is 2. The number of pyridine rings is 1. The molecule has 3 N–H and O–H groups in total. The Morgan fingerprint density at radius 2 is 1.95 bits per heavy atom. The summed E-state index contributed by atoms with van der Waals surface area (Å²) in [6, 6.07) is 6.93. The van der Waals surface area contributed by atoms with Gasteiger partial charge in [-0.3, -0.25) is 4.79 Å². The highest BCUT2D eigenvalue weighted by molar-refractivity contribution is 9.11. The van der Waals surface area contributed by atoms with E-state index in [4.69, 9.17) is 17.3 Å². The van der Waals surface area contributed by atoms with E-state index in [9.17, 15) is 4.79 Å². The Morgan fingerprint density at radius 3 is 2.58 bits per heavy atom. The van der Waals surface area contributed by atoms with Crippen molar-refractivity contribution in [3.63, 3.8) is 0 Å². The van der Waals surface area contributed by atoms with Crippen LogP contribution in [0.2, 0.25) is 5.02 Å². The van der Waals surface area contributed by atoms with Crippen molar-refractivity contribution in [3.05, 3.63) is 50.0 Å². The van der Waals surface area contributed by atoms with E-state index in [-0.39, 0.29) is 22.3 Å². The molecule has 0 atom stereocenters. The normalized spacial score (nSPS) is 10.3. The van der Waals surface area contributed by atoms with E-state index in [2.05, 4.69) is 42.2 Å². The van der Waals surface area contributed by atoms with Gasteiger partial charge in [0.2, 0.25) is 0 Å². The van der Waals surface area contributed by atoms with Crippen LogP contribution < -0.4 is 11.1 Å². The number of amides is 1. The first kappa shape index (κ1) is 14.3. The highest BCUT2D eigenvalue weighted by Crippen LogP contribution is 2.31. The first-order valence-electron chi connectivity index (χ1n) is 5.15. The molecule has 0 saturated carbocycles. The molecular formula is C12H8Br2ClN3O. The number of para-hydroxylation sites is 1. The Kier molecular flexibility index (Phi) is 4.44. The predicted molar refractivity (Wildman–Crippen MR) is 83.5 cm³/mol. The largest absolute Gasteiger partial charge is 0.384 e. The number of nitrogens with one attached hydrogen (secondary N) is 1. The molecule has 0 aliphatic rings. The Morgan fingerprint density at radius 1 is 1.32 bits per heavy atom. The highest BCUT2D eigenvalue weighted by atomic mass is 79.9. The second-order valence-corrected chi connectivity index (χ2v) is 5.76. The minimum Gasteiger partial charge on any atom is -0.384 e. The van der Waals surface area contributed by atoms with Gasteiger partial charge in [0, 0.05) is 15.1 Å². The standard InChI is InChI=1S/C12H8Br2ClN3O/c13-7-2-1-3-8(14)11(7)18-12(19)6-4-10(16)17-5-9(6)15/h1-5H,(H2,16,17)(H,18,19). The Hall–Kier alpha value is -1.11. The predicted octanol–water partition coefficient (Wildman–Crippen LogP) is 4.09. The number of halogens is 3. The fourth-order valence-corrected chi connectivity index (χ4v) is 2.81. The van der Waals surface area contributed by atoms with E-state index in [1.54, 1.807) is 0 Å². The fourth-order valence-electron chi connectivity index (χ4n) is 1.43. The van der Waals surface area contributed by atoms with Crippen LogP contribution in [0.4, 0.5) is 11.5 Å². The minimum absolute atomic E-state index is 0.237. The van der Waals surface area contributed by atoms with E-state index in [1.165, 1.54) is 12.3 Å². The highest BCUT2D eigenvalue weighted by Gasteiger charge is 2.14. The maximum absolute atomic E-state index is 12.2. The SMILES string of the molecule is Nc1cc(C(=O)Nc2c(Br)cccc2Br)c(Cl)cn1. The molecule has 0 bridgehead atoms.